The fourth-order valence-corrected chi connectivity index (χ4v) is 4.07. The maximum atomic E-state index is 12.2. The number of fused-ring (bicyclic) bond motifs is 3. The number of hydrogen-bond acceptors (Lipinski definition) is 3. The Morgan fingerprint density at radius 1 is 1.03 bits per heavy atom. The lowest BCUT2D eigenvalue weighted by molar-refractivity contribution is 0.143. The lowest BCUT2D eigenvalue weighted by atomic mass is 9.98. The molecule has 3 aromatic carbocycles. The van der Waals surface area contributed by atoms with Crippen LogP contribution in [0.1, 0.15) is 40.2 Å². The van der Waals surface area contributed by atoms with E-state index in [1.165, 1.54) is 22.3 Å². The number of amides is 1. The Kier molecular flexibility index (Phi) is 6.14. The third kappa shape index (κ3) is 4.36. The summed E-state index contributed by atoms with van der Waals surface area (Å²) in [5.41, 5.74) is 7.50. The van der Waals surface area contributed by atoms with Gasteiger partial charge >= 0.3 is 6.09 Å². The Balaban J connectivity index is 1.28. The number of carbonyl (C=O) groups excluding carboxylic acids is 1. The lowest BCUT2D eigenvalue weighted by Gasteiger charge is -2.14. The number of carbonyl (C=O) groups is 1. The van der Waals surface area contributed by atoms with Crippen LogP contribution < -0.4 is 5.32 Å². The molecule has 0 unspecified atom stereocenters. The zero-order chi connectivity index (χ0) is 21.6. The van der Waals surface area contributed by atoms with Crippen LogP contribution in [0.2, 0.25) is 0 Å². The molecular formula is C27H24N2O2. The van der Waals surface area contributed by atoms with Gasteiger partial charge in [-0.05, 0) is 52.8 Å². The highest BCUT2D eigenvalue weighted by Crippen LogP contribution is 2.44. The third-order valence-corrected chi connectivity index (χ3v) is 5.72. The predicted molar refractivity (Wildman–Crippen MR) is 123 cm³/mol. The van der Waals surface area contributed by atoms with Crippen molar-refractivity contribution in [2.75, 3.05) is 13.2 Å². The molecule has 1 aliphatic carbocycles. The summed E-state index contributed by atoms with van der Waals surface area (Å²) in [6, 6.07) is 24.4. The minimum absolute atomic E-state index is 0.0634. The molecule has 154 valence electrons. The first-order valence-corrected chi connectivity index (χ1v) is 10.4. The van der Waals surface area contributed by atoms with E-state index in [4.69, 9.17) is 10.00 Å². The molecule has 0 aromatic heterocycles. The van der Waals surface area contributed by atoms with Crippen molar-refractivity contribution in [2.24, 2.45) is 0 Å². The summed E-state index contributed by atoms with van der Waals surface area (Å²) in [7, 11) is 0. The van der Waals surface area contributed by atoms with Crippen molar-refractivity contribution in [1.29, 1.82) is 5.26 Å². The van der Waals surface area contributed by atoms with Crippen molar-refractivity contribution >= 4 is 12.2 Å². The molecule has 4 nitrogen and oxygen atoms in total. The quantitative estimate of drug-likeness (QED) is 0.524. The van der Waals surface area contributed by atoms with Crippen LogP contribution in [0.15, 0.2) is 72.8 Å². The Hall–Kier alpha value is -3.84. The second kappa shape index (κ2) is 9.32. The van der Waals surface area contributed by atoms with Crippen LogP contribution >= 0.6 is 0 Å². The van der Waals surface area contributed by atoms with Crippen LogP contribution in [-0.4, -0.2) is 19.2 Å². The highest BCUT2D eigenvalue weighted by atomic mass is 16.5. The molecular weight excluding hydrogens is 384 g/mol. The monoisotopic (exact) mass is 408 g/mol. The van der Waals surface area contributed by atoms with E-state index in [9.17, 15) is 4.79 Å². The minimum Gasteiger partial charge on any atom is -0.449 e. The molecule has 0 saturated carbocycles. The number of nitriles is 1. The van der Waals surface area contributed by atoms with Crippen LogP contribution in [-0.2, 0) is 4.74 Å². The first kappa shape index (κ1) is 20.4. The Morgan fingerprint density at radius 3 is 2.39 bits per heavy atom. The fraction of sp³-hybridized carbons (Fsp3) is 0.185. The van der Waals surface area contributed by atoms with Crippen LogP contribution in [0, 0.1) is 18.3 Å². The number of alkyl carbamates (subject to hydrolysis) is 1. The van der Waals surface area contributed by atoms with Crippen molar-refractivity contribution in [3.8, 4) is 17.2 Å². The second-order valence-electron chi connectivity index (χ2n) is 7.57. The number of benzene rings is 3. The van der Waals surface area contributed by atoms with Gasteiger partial charge < -0.3 is 10.1 Å². The Morgan fingerprint density at radius 2 is 1.71 bits per heavy atom. The molecule has 3 aromatic rings. The highest BCUT2D eigenvalue weighted by molar-refractivity contribution is 5.79. The van der Waals surface area contributed by atoms with Gasteiger partial charge in [0, 0.05) is 12.5 Å². The van der Waals surface area contributed by atoms with Crippen molar-refractivity contribution < 1.29 is 9.53 Å². The van der Waals surface area contributed by atoms with Gasteiger partial charge in [-0.1, -0.05) is 72.8 Å². The minimum atomic E-state index is -0.405. The molecule has 1 aliphatic rings. The maximum absolute atomic E-state index is 12.2. The standard InChI is InChI=1S/C27H24N2O2/c1-19-20(10-8-11-21(19)17-28)9-6-7-16-29-27(30)31-18-26-24-14-4-2-12-22(24)23-13-3-5-15-25(23)26/h2-6,8-15,26H,7,16,18H2,1H3,(H,29,30). The number of nitrogens with zero attached hydrogens (tertiary/aromatic N) is 1. The van der Waals surface area contributed by atoms with E-state index < -0.39 is 6.09 Å². The summed E-state index contributed by atoms with van der Waals surface area (Å²) in [6.45, 7) is 2.74. The normalized spacial score (nSPS) is 12.3. The van der Waals surface area contributed by atoms with Gasteiger partial charge in [0.15, 0.2) is 0 Å². The van der Waals surface area contributed by atoms with Gasteiger partial charge in [0.2, 0.25) is 0 Å². The molecule has 0 saturated heterocycles. The third-order valence-electron chi connectivity index (χ3n) is 5.72. The number of nitrogens with one attached hydrogen (secondary N) is 1. The number of rotatable bonds is 6. The van der Waals surface area contributed by atoms with E-state index in [-0.39, 0.29) is 5.92 Å². The average molecular weight is 409 g/mol. The Labute approximate surface area is 182 Å². The van der Waals surface area contributed by atoms with Crippen molar-refractivity contribution in [1.82, 2.24) is 5.32 Å². The summed E-state index contributed by atoms with van der Waals surface area (Å²) in [5.74, 6) is 0.0634. The van der Waals surface area contributed by atoms with E-state index in [1.54, 1.807) is 0 Å². The smallest absolute Gasteiger partial charge is 0.407 e. The summed E-state index contributed by atoms with van der Waals surface area (Å²) in [5, 5.41) is 11.9. The molecule has 0 radical (unpaired) electrons. The summed E-state index contributed by atoms with van der Waals surface area (Å²) < 4.78 is 5.54. The Bertz CT molecular complexity index is 1130. The molecule has 0 spiro atoms. The largest absolute Gasteiger partial charge is 0.449 e. The zero-order valence-electron chi connectivity index (χ0n) is 17.5. The van der Waals surface area contributed by atoms with Crippen molar-refractivity contribution in [3.05, 3.63) is 101 Å². The van der Waals surface area contributed by atoms with Crippen LogP contribution in [0.25, 0.3) is 17.2 Å². The molecule has 1 N–H and O–H groups in total. The number of hydrogen-bond donors (Lipinski definition) is 1. The van der Waals surface area contributed by atoms with Gasteiger partial charge in [0.25, 0.3) is 0 Å². The predicted octanol–water partition coefficient (Wildman–Crippen LogP) is 5.81. The fourth-order valence-electron chi connectivity index (χ4n) is 4.07. The molecule has 0 aliphatic heterocycles. The zero-order valence-corrected chi connectivity index (χ0v) is 17.5. The lowest BCUT2D eigenvalue weighted by Crippen LogP contribution is -2.26. The molecule has 0 atom stereocenters. The van der Waals surface area contributed by atoms with E-state index in [0.717, 1.165) is 11.1 Å². The number of ether oxygens (including phenoxy) is 1. The topological polar surface area (TPSA) is 62.1 Å². The molecule has 0 bridgehead atoms. The second-order valence-corrected chi connectivity index (χ2v) is 7.57. The van der Waals surface area contributed by atoms with Gasteiger partial charge in [-0.25, -0.2) is 4.79 Å². The summed E-state index contributed by atoms with van der Waals surface area (Å²) in [4.78, 5) is 12.2. The SMILES string of the molecule is Cc1c(C#N)cccc1C=CCCNC(=O)OCC1c2ccccc2-c2ccccc21. The van der Waals surface area contributed by atoms with E-state index in [2.05, 4.69) is 35.7 Å². The van der Waals surface area contributed by atoms with Crippen LogP contribution in [0.5, 0.6) is 0 Å². The summed E-state index contributed by atoms with van der Waals surface area (Å²) in [6.07, 6.45) is 4.25. The molecule has 0 fully saturated rings. The maximum Gasteiger partial charge on any atom is 0.407 e. The van der Waals surface area contributed by atoms with Crippen LogP contribution in [0.4, 0.5) is 4.79 Å². The summed E-state index contributed by atoms with van der Waals surface area (Å²) >= 11 is 0. The molecule has 0 heterocycles. The average Bonchev–Trinajstić information content (AvgIpc) is 3.12. The molecule has 4 heteroatoms. The van der Waals surface area contributed by atoms with Gasteiger partial charge in [-0.2, -0.15) is 5.26 Å². The first-order chi connectivity index (χ1) is 15.2. The highest BCUT2D eigenvalue weighted by Gasteiger charge is 2.28. The van der Waals surface area contributed by atoms with Gasteiger partial charge in [-0.3, -0.25) is 0 Å². The molecule has 1 amide bonds. The molecule has 4 rings (SSSR count). The van der Waals surface area contributed by atoms with Gasteiger partial charge in [-0.15, -0.1) is 0 Å². The van der Waals surface area contributed by atoms with Gasteiger partial charge in [0.1, 0.15) is 6.61 Å². The van der Waals surface area contributed by atoms with Crippen molar-refractivity contribution in [3.63, 3.8) is 0 Å². The van der Waals surface area contributed by atoms with Crippen molar-refractivity contribution in [2.45, 2.75) is 19.3 Å². The van der Waals surface area contributed by atoms with Crippen LogP contribution in [0.3, 0.4) is 0 Å². The van der Waals surface area contributed by atoms with E-state index in [1.807, 2.05) is 61.5 Å². The molecule has 31 heavy (non-hydrogen) atoms. The first-order valence-electron chi connectivity index (χ1n) is 10.4. The van der Waals surface area contributed by atoms with Gasteiger partial charge in [0.05, 0.1) is 11.6 Å². The van der Waals surface area contributed by atoms with E-state index >= 15 is 0 Å². The van der Waals surface area contributed by atoms with E-state index in [0.29, 0.717) is 25.1 Å².